The Morgan fingerprint density at radius 1 is 1.14 bits per heavy atom. The fourth-order valence-corrected chi connectivity index (χ4v) is 3.36. The first-order chi connectivity index (χ1) is 14.0. The molecular formula is C23H21FN4O. The lowest BCUT2D eigenvalue weighted by Crippen LogP contribution is -2.14. The largest absolute Gasteiger partial charge is 0.319 e. The van der Waals surface area contributed by atoms with Crippen LogP contribution in [0.3, 0.4) is 0 Å². The molecule has 29 heavy (non-hydrogen) atoms. The SMILES string of the molecule is CCn1cc(-c2cc(C(=O)Nc3cc(C)ccc3F)c3ccccc3n2)c(C)n1. The van der Waals surface area contributed by atoms with E-state index in [2.05, 4.69) is 10.4 Å². The molecule has 2 heterocycles. The number of carbonyl (C=O) groups is 1. The number of rotatable bonds is 4. The minimum atomic E-state index is -0.470. The molecule has 1 N–H and O–H groups in total. The van der Waals surface area contributed by atoms with E-state index >= 15 is 0 Å². The summed E-state index contributed by atoms with van der Waals surface area (Å²) >= 11 is 0. The predicted octanol–water partition coefficient (Wildman–Crippen LogP) is 5.13. The van der Waals surface area contributed by atoms with Gasteiger partial charge in [0.15, 0.2) is 0 Å². The highest BCUT2D eigenvalue weighted by Crippen LogP contribution is 2.28. The van der Waals surface area contributed by atoms with Gasteiger partial charge in [-0.15, -0.1) is 0 Å². The standard InChI is InChI=1S/C23H21FN4O/c1-4-28-13-18(15(3)27-28)21-12-17(16-7-5-6-8-20(16)25-21)23(29)26-22-11-14(2)9-10-19(22)24/h5-13H,4H2,1-3H3,(H,26,29). The predicted molar refractivity (Wildman–Crippen MR) is 112 cm³/mol. The third-order valence-electron chi connectivity index (χ3n) is 4.88. The van der Waals surface area contributed by atoms with Gasteiger partial charge < -0.3 is 5.32 Å². The van der Waals surface area contributed by atoms with Gasteiger partial charge >= 0.3 is 0 Å². The van der Waals surface area contributed by atoms with Crippen LogP contribution in [-0.4, -0.2) is 20.7 Å². The molecule has 0 radical (unpaired) electrons. The Morgan fingerprint density at radius 3 is 2.69 bits per heavy atom. The number of para-hydroxylation sites is 1. The first-order valence-electron chi connectivity index (χ1n) is 9.48. The number of aryl methyl sites for hydroxylation is 3. The van der Waals surface area contributed by atoms with Crippen molar-refractivity contribution in [3.63, 3.8) is 0 Å². The summed E-state index contributed by atoms with van der Waals surface area (Å²) in [6.07, 6.45) is 1.92. The summed E-state index contributed by atoms with van der Waals surface area (Å²) in [5.74, 6) is -0.850. The summed E-state index contributed by atoms with van der Waals surface area (Å²) in [5.41, 5.74) is 4.53. The van der Waals surface area contributed by atoms with Crippen molar-refractivity contribution in [3.05, 3.63) is 77.4 Å². The molecule has 2 aromatic heterocycles. The number of amides is 1. The molecule has 4 aromatic rings. The number of hydrogen-bond donors (Lipinski definition) is 1. The van der Waals surface area contributed by atoms with E-state index in [0.29, 0.717) is 22.2 Å². The fraction of sp³-hybridized carbons (Fsp3) is 0.174. The molecule has 4 rings (SSSR count). The first kappa shape index (κ1) is 18.8. The topological polar surface area (TPSA) is 59.8 Å². The molecule has 0 atom stereocenters. The lowest BCUT2D eigenvalue weighted by Gasteiger charge is -2.11. The molecule has 0 aliphatic carbocycles. The van der Waals surface area contributed by atoms with E-state index < -0.39 is 5.82 Å². The molecule has 0 bridgehead atoms. The highest BCUT2D eigenvalue weighted by Gasteiger charge is 2.17. The monoisotopic (exact) mass is 388 g/mol. The van der Waals surface area contributed by atoms with Crippen LogP contribution < -0.4 is 5.32 Å². The number of carbonyl (C=O) groups excluding carboxylic acids is 1. The van der Waals surface area contributed by atoms with Gasteiger partial charge in [0, 0.05) is 23.7 Å². The van der Waals surface area contributed by atoms with Crippen molar-refractivity contribution < 1.29 is 9.18 Å². The summed E-state index contributed by atoms with van der Waals surface area (Å²) in [5, 5.41) is 7.89. The minimum absolute atomic E-state index is 0.160. The van der Waals surface area contributed by atoms with Gasteiger partial charge in [0.1, 0.15) is 5.82 Å². The van der Waals surface area contributed by atoms with Gasteiger partial charge in [-0.3, -0.25) is 9.48 Å². The quantitative estimate of drug-likeness (QED) is 0.527. The second-order valence-corrected chi connectivity index (χ2v) is 6.99. The van der Waals surface area contributed by atoms with Crippen molar-refractivity contribution in [2.75, 3.05) is 5.32 Å². The van der Waals surface area contributed by atoms with Crippen LogP contribution in [0.4, 0.5) is 10.1 Å². The molecule has 0 unspecified atom stereocenters. The highest BCUT2D eigenvalue weighted by atomic mass is 19.1. The van der Waals surface area contributed by atoms with E-state index in [0.717, 1.165) is 23.4 Å². The lowest BCUT2D eigenvalue weighted by molar-refractivity contribution is 0.102. The molecule has 5 nitrogen and oxygen atoms in total. The van der Waals surface area contributed by atoms with Crippen LogP contribution in [0.15, 0.2) is 54.7 Å². The molecular weight excluding hydrogens is 367 g/mol. The van der Waals surface area contributed by atoms with Crippen LogP contribution in [0, 0.1) is 19.7 Å². The van der Waals surface area contributed by atoms with Crippen LogP contribution in [-0.2, 0) is 6.54 Å². The number of fused-ring (bicyclic) bond motifs is 1. The molecule has 0 aliphatic rings. The summed E-state index contributed by atoms with van der Waals surface area (Å²) < 4.78 is 16.0. The van der Waals surface area contributed by atoms with Crippen LogP contribution in [0.5, 0.6) is 0 Å². The van der Waals surface area contributed by atoms with E-state index in [1.54, 1.807) is 18.2 Å². The average Bonchev–Trinajstić information content (AvgIpc) is 3.10. The molecule has 2 aromatic carbocycles. The third kappa shape index (κ3) is 3.61. The van der Waals surface area contributed by atoms with Crippen LogP contribution in [0.25, 0.3) is 22.2 Å². The Balaban J connectivity index is 1.83. The number of nitrogens with one attached hydrogen (secondary N) is 1. The van der Waals surface area contributed by atoms with Crippen molar-refractivity contribution in [1.82, 2.24) is 14.8 Å². The number of benzene rings is 2. The maximum absolute atomic E-state index is 14.2. The molecule has 1 amide bonds. The zero-order valence-corrected chi connectivity index (χ0v) is 16.5. The average molecular weight is 388 g/mol. The molecule has 0 saturated heterocycles. The maximum atomic E-state index is 14.2. The summed E-state index contributed by atoms with van der Waals surface area (Å²) in [7, 11) is 0. The van der Waals surface area contributed by atoms with E-state index in [1.807, 2.05) is 55.9 Å². The van der Waals surface area contributed by atoms with Gasteiger partial charge in [0.2, 0.25) is 0 Å². The summed E-state index contributed by atoms with van der Waals surface area (Å²) in [4.78, 5) is 17.8. The van der Waals surface area contributed by atoms with Crippen molar-refractivity contribution in [1.29, 1.82) is 0 Å². The van der Waals surface area contributed by atoms with Gasteiger partial charge in [-0.1, -0.05) is 24.3 Å². The molecule has 0 spiro atoms. The zero-order chi connectivity index (χ0) is 20.5. The fourth-order valence-electron chi connectivity index (χ4n) is 3.36. The van der Waals surface area contributed by atoms with Gasteiger partial charge in [-0.05, 0) is 50.6 Å². The number of anilines is 1. The van der Waals surface area contributed by atoms with Gasteiger partial charge in [-0.25, -0.2) is 9.37 Å². The Morgan fingerprint density at radius 2 is 1.93 bits per heavy atom. The van der Waals surface area contributed by atoms with Crippen LogP contribution in [0.2, 0.25) is 0 Å². The number of pyridine rings is 1. The number of nitrogens with zero attached hydrogens (tertiary/aromatic N) is 3. The van der Waals surface area contributed by atoms with Crippen LogP contribution >= 0.6 is 0 Å². The van der Waals surface area contributed by atoms with Gasteiger partial charge in [0.25, 0.3) is 5.91 Å². The number of aromatic nitrogens is 3. The Labute approximate surface area is 168 Å². The summed E-state index contributed by atoms with van der Waals surface area (Å²) in [6, 6.07) is 13.8. The second-order valence-electron chi connectivity index (χ2n) is 6.99. The van der Waals surface area contributed by atoms with Gasteiger partial charge in [-0.2, -0.15) is 5.10 Å². The second kappa shape index (κ2) is 7.47. The van der Waals surface area contributed by atoms with E-state index in [1.165, 1.54) is 6.07 Å². The number of halogens is 1. The van der Waals surface area contributed by atoms with Crippen LogP contribution in [0.1, 0.15) is 28.5 Å². The highest BCUT2D eigenvalue weighted by molar-refractivity contribution is 6.13. The zero-order valence-electron chi connectivity index (χ0n) is 16.5. The Bertz CT molecular complexity index is 1230. The van der Waals surface area contributed by atoms with Gasteiger partial charge in [0.05, 0.1) is 28.2 Å². The third-order valence-corrected chi connectivity index (χ3v) is 4.88. The molecule has 0 fully saturated rings. The smallest absolute Gasteiger partial charge is 0.256 e. The molecule has 6 heteroatoms. The van der Waals surface area contributed by atoms with Crippen molar-refractivity contribution in [3.8, 4) is 11.3 Å². The Hall–Kier alpha value is -3.54. The van der Waals surface area contributed by atoms with E-state index in [4.69, 9.17) is 4.98 Å². The molecule has 0 aliphatic heterocycles. The van der Waals surface area contributed by atoms with Crippen molar-refractivity contribution in [2.24, 2.45) is 0 Å². The summed E-state index contributed by atoms with van der Waals surface area (Å²) in [6.45, 7) is 6.52. The van der Waals surface area contributed by atoms with Crippen molar-refractivity contribution in [2.45, 2.75) is 27.3 Å². The molecule has 0 saturated carbocycles. The minimum Gasteiger partial charge on any atom is -0.319 e. The molecule has 146 valence electrons. The normalized spacial score (nSPS) is 11.0. The van der Waals surface area contributed by atoms with Crippen molar-refractivity contribution >= 4 is 22.5 Å². The van der Waals surface area contributed by atoms with E-state index in [9.17, 15) is 9.18 Å². The first-order valence-corrected chi connectivity index (χ1v) is 9.48. The maximum Gasteiger partial charge on any atom is 0.256 e. The van der Waals surface area contributed by atoms with E-state index in [-0.39, 0.29) is 11.6 Å². The number of hydrogen-bond acceptors (Lipinski definition) is 3. The Kier molecular flexibility index (Phi) is 4.84. The lowest BCUT2D eigenvalue weighted by atomic mass is 10.0.